The molecule has 0 aromatic carbocycles. The van der Waals surface area contributed by atoms with Gasteiger partial charge in [0.25, 0.3) is 0 Å². The number of allylic oxidation sites excluding steroid dienone is 1. The second kappa shape index (κ2) is 10.8. The van der Waals surface area contributed by atoms with E-state index in [0.717, 1.165) is 12.8 Å². The van der Waals surface area contributed by atoms with Crippen molar-refractivity contribution >= 4 is 12.6 Å². The number of hydrogen-bond donors (Lipinski definition) is 4. The summed E-state index contributed by atoms with van der Waals surface area (Å²) in [4.78, 5) is 0. The van der Waals surface area contributed by atoms with Crippen LogP contribution in [0.2, 0.25) is 0 Å². The fourth-order valence-electron chi connectivity index (χ4n) is 1.97. The summed E-state index contributed by atoms with van der Waals surface area (Å²) >= 11 is 4.23. The van der Waals surface area contributed by atoms with Gasteiger partial charge >= 0.3 is 0 Å². The molecule has 4 unspecified atom stereocenters. The Balaban J connectivity index is 4.22. The molecule has 0 fully saturated rings. The first kappa shape index (κ1) is 17.9. The van der Waals surface area contributed by atoms with Crippen molar-refractivity contribution in [2.24, 2.45) is 23.3 Å². The molecule has 0 aliphatic heterocycles. The van der Waals surface area contributed by atoms with Crippen molar-refractivity contribution in [2.75, 3.05) is 19.5 Å². The molecule has 18 heavy (non-hydrogen) atoms. The maximum Gasteiger partial charge on any atom is 0.103 e. The highest BCUT2D eigenvalue weighted by molar-refractivity contribution is 7.80. The van der Waals surface area contributed by atoms with Crippen LogP contribution >= 0.6 is 12.6 Å². The summed E-state index contributed by atoms with van der Waals surface area (Å²) < 4.78 is 5.10. The van der Waals surface area contributed by atoms with Gasteiger partial charge in [0.1, 0.15) is 6.23 Å². The predicted octanol–water partition coefficient (Wildman–Crippen LogP) is 1.15. The van der Waals surface area contributed by atoms with E-state index in [4.69, 9.17) is 16.2 Å². The predicted molar refractivity (Wildman–Crippen MR) is 79.5 cm³/mol. The van der Waals surface area contributed by atoms with Crippen molar-refractivity contribution < 1.29 is 9.84 Å². The third kappa shape index (κ3) is 8.11. The number of aliphatic hydroxyl groups excluding tert-OH is 1. The lowest BCUT2D eigenvalue weighted by atomic mass is 9.94. The highest BCUT2D eigenvalue weighted by Gasteiger charge is 2.13. The molecule has 4 atom stereocenters. The van der Waals surface area contributed by atoms with Crippen molar-refractivity contribution in [3.8, 4) is 0 Å². The van der Waals surface area contributed by atoms with E-state index in [2.05, 4.69) is 31.7 Å². The average Bonchev–Trinajstić information content (AvgIpc) is 2.33. The number of hydrogen-bond acceptors (Lipinski definition) is 5. The zero-order valence-electron chi connectivity index (χ0n) is 11.5. The summed E-state index contributed by atoms with van der Waals surface area (Å²) in [7, 11) is 1.65. The smallest absolute Gasteiger partial charge is 0.103 e. The lowest BCUT2D eigenvalue weighted by Crippen LogP contribution is -2.31. The van der Waals surface area contributed by atoms with E-state index in [-0.39, 0.29) is 12.0 Å². The van der Waals surface area contributed by atoms with E-state index in [1.54, 1.807) is 7.11 Å². The van der Waals surface area contributed by atoms with Crippen molar-refractivity contribution in [3.63, 3.8) is 0 Å². The quantitative estimate of drug-likeness (QED) is 0.274. The van der Waals surface area contributed by atoms with Crippen LogP contribution in [0.3, 0.4) is 0 Å². The molecule has 5 N–H and O–H groups in total. The maximum absolute atomic E-state index is 9.19. The van der Waals surface area contributed by atoms with Gasteiger partial charge in [-0.05, 0) is 18.8 Å². The van der Waals surface area contributed by atoms with Gasteiger partial charge in [-0.25, -0.2) is 0 Å². The lowest BCUT2D eigenvalue weighted by Gasteiger charge is -2.19. The minimum absolute atomic E-state index is 0.129. The first-order valence-electron chi connectivity index (χ1n) is 6.50. The number of aliphatic hydroxyl groups is 1. The van der Waals surface area contributed by atoms with E-state index in [1.807, 2.05) is 0 Å². The monoisotopic (exact) mass is 276 g/mol. The maximum atomic E-state index is 9.19. The summed E-state index contributed by atoms with van der Waals surface area (Å²) in [5, 5.41) is 9.19. The molecule has 0 aliphatic carbocycles. The van der Waals surface area contributed by atoms with E-state index in [9.17, 15) is 5.11 Å². The largest absolute Gasteiger partial charge is 0.384 e. The molecule has 4 nitrogen and oxygen atoms in total. The van der Waals surface area contributed by atoms with Crippen LogP contribution in [-0.2, 0) is 4.74 Å². The van der Waals surface area contributed by atoms with Crippen LogP contribution in [0.4, 0.5) is 0 Å². The van der Waals surface area contributed by atoms with Crippen LogP contribution < -0.4 is 11.5 Å². The van der Waals surface area contributed by atoms with E-state index in [0.29, 0.717) is 24.7 Å². The summed E-state index contributed by atoms with van der Waals surface area (Å²) in [5.41, 5.74) is 11.4. The lowest BCUT2D eigenvalue weighted by molar-refractivity contribution is 0.114. The van der Waals surface area contributed by atoms with Gasteiger partial charge in [0.2, 0.25) is 0 Å². The number of ether oxygens (including phenoxy) is 1. The van der Waals surface area contributed by atoms with Gasteiger partial charge < -0.3 is 21.3 Å². The van der Waals surface area contributed by atoms with Gasteiger partial charge in [0.05, 0.1) is 6.61 Å². The Morgan fingerprint density at radius 1 is 1.39 bits per heavy atom. The summed E-state index contributed by atoms with van der Waals surface area (Å²) in [6.45, 7) is 2.71. The molecule has 0 aromatic rings. The Kier molecular flexibility index (Phi) is 10.8. The molecule has 0 rings (SSSR count). The van der Waals surface area contributed by atoms with Gasteiger partial charge in [0.15, 0.2) is 0 Å². The van der Waals surface area contributed by atoms with Gasteiger partial charge in [-0.1, -0.05) is 25.5 Å². The van der Waals surface area contributed by atoms with E-state index in [1.165, 1.54) is 0 Å². The molecule has 5 heteroatoms. The Labute approximate surface area is 116 Å². The number of nitrogens with two attached hydrogens (primary N) is 2. The normalized spacial score (nSPS) is 18.8. The summed E-state index contributed by atoms with van der Waals surface area (Å²) in [5.74, 6) is 1.31. The molecule has 0 heterocycles. The second-order valence-corrected chi connectivity index (χ2v) is 5.06. The van der Waals surface area contributed by atoms with Crippen LogP contribution in [0.5, 0.6) is 0 Å². The summed E-state index contributed by atoms with van der Waals surface area (Å²) in [6.07, 6.45) is 5.87. The minimum Gasteiger partial charge on any atom is -0.384 e. The Hall–Kier alpha value is -0.0700. The van der Waals surface area contributed by atoms with Crippen molar-refractivity contribution in [3.05, 3.63) is 12.2 Å². The Bertz CT molecular complexity index is 225. The first-order valence-corrected chi connectivity index (χ1v) is 7.14. The number of rotatable bonds is 10. The van der Waals surface area contributed by atoms with Crippen molar-refractivity contribution in [1.82, 2.24) is 0 Å². The van der Waals surface area contributed by atoms with Crippen molar-refractivity contribution in [1.29, 1.82) is 0 Å². The molecule has 0 aliphatic rings. The third-order valence-electron chi connectivity index (χ3n) is 3.11. The van der Waals surface area contributed by atoms with E-state index < -0.39 is 6.23 Å². The van der Waals surface area contributed by atoms with Gasteiger partial charge in [0, 0.05) is 24.8 Å². The zero-order valence-corrected chi connectivity index (χ0v) is 12.4. The van der Waals surface area contributed by atoms with Gasteiger partial charge in [-0.3, -0.25) is 0 Å². The molecule has 0 saturated heterocycles. The van der Waals surface area contributed by atoms with Crippen LogP contribution in [0.25, 0.3) is 0 Å². The molecule has 0 spiro atoms. The average molecular weight is 276 g/mol. The number of methoxy groups -OCH3 is 1. The third-order valence-corrected chi connectivity index (χ3v) is 3.53. The molecule has 108 valence electrons. The fourth-order valence-corrected chi connectivity index (χ4v) is 2.26. The minimum atomic E-state index is -0.795. The summed E-state index contributed by atoms with van der Waals surface area (Å²) in [6, 6.07) is 0.129. The van der Waals surface area contributed by atoms with Crippen LogP contribution in [0, 0.1) is 11.8 Å². The Morgan fingerprint density at radius 3 is 2.50 bits per heavy atom. The molecule has 0 aromatic heterocycles. The SMILES string of the molecule is CCC(C/C=C/C(COC)CC(N)O)C(N)CS. The van der Waals surface area contributed by atoms with Crippen LogP contribution in [0.15, 0.2) is 12.2 Å². The van der Waals surface area contributed by atoms with Gasteiger partial charge in [-0.15, -0.1) is 0 Å². The van der Waals surface area contributed by atoms with Gasteiger partial charge in [-0.2, -0.15) is 12.6 Å². The van der Waals surface area contributed by atoms with Crippen LogP contribution in [-0.4, -0.2) is 36.8 Å². The molecular weight excluding hydrogens is 248 g/mol. The molecular formula is C13H28N2O2S. The highest BCUT2D eigenvalue weighted by atomic mass is 32.1. The van der Waals surface area contributed by atoms with Crippen LogP contribution in [0.1, 0.15) is 26.2 Å². The standard InChI is InChI=1S/C13H28N2O2S/c1-3-11(12(14)9-18)6-4-5-10(8-17-2)7-13(15)16/h4-5,10-13,16,18H,3,6-9,14-15H2,1-2H3/b5-4+. The second-order valence-electron chi connectivity index (χ2n) is 4.70. The highest BCUT2D eigenvalue weighted by Crippen LogP contribution is 2.15. The van der Waals surface area contributed by atoms with Crippen molar-refractivity contribution in [2.45, 2.75) is 38.5 Å². The molecule has 0 radical (unpaired) electrons. The van der Waals surface area contributed by atoms with E-state index >= 15 is 0 Å². The zero-order chi connectivity index (χ0) is 14.0. The molecule has 0 saturated carbocycles. The molecule has 0 bridgehead atoms. The number of thiol groups is 1. The topological polar surface area (TPSA) is 81.5 Å². The first-order chi connectivity index (χ1) is 8.54. The Morgan fingerprint density at radius 2 is 2.06 bits per heavy atom. The molecule has 0 amide bonds. The fraction of sp³-hybridized carbons (Fsp3) is 0.846.